The third-order valence-corrected chi connectivity index (χ3v) is 6.79. The van der Waals surface area contributed by atoms with E-state index in [1.165, 1.54) is 54.0 Å². The fraction of sp³-hybridized carbons (Fsp3) is 0.136. The topological polar surface area (TPSA) is 129 Å². The number of nitrogens with zero attached hydrogens (tertiary/aromatic N) is 4. The van der Waals surface area contributed by atoms with Gasteiger partial charge in [0.1, 0.15) is 5.82 Å². The van der Waals surface area contributed by atoms with Crippen LogP contribution in [0, 0.1) is 5.82 Å². The number of thioether (sulfide) groups is 1. The zero-order valence-electron chi connectivity index (χ0n) is 18.6. The second-order valence-corrected chi connectivity index (χ2v) is 9.40. The second-order valence-electron chi connectivity index (χ2n) is 7.20. The van der Waals surface area contributed by atoms with Crippen LogP contribution in [0.5, 0.6) is 17.2 Å². The number of rotatable bonds is 8. The summed E-state index contributed by atoms with van der Waals surface area (Å²) in [4.78, 5) is 25.1. The van der Waals surface area contributed by atoms with E-state index in [0.29, 0.717) is 27.2 Å². The van der Waals surface area contributed by atoms with Gasteiger partial charge in [0.25, 0.3) is 5.91 Å². The van der Waals surface area contributed by atoms with Gasteiger partial charge in [0.15, 0.2) is 27.3 Å². The Balaban J connectivity index is 1.18. The van der Waals surface area contributed by atoms with Crippen LogP contribution >= 0.6 is 23.1 Å². The Morgan fingerprint density at radius 2 is 1.94 bits per heavy atom. The van der Waals surface area contributed by atoms with Gasteiger partial charge in [-0.2, -0.15) is 5.10 Å². The number of ether oxygens (including phenoxy) is 3. The Labute approximate surface area is 211 Å². The van der Waals surface area contributed by atoms with Gasteiger partial charge in [-0.1, -0.05) is 23.1 Å². The third-order valence-electron chi connectivity index (χ3n) is 4.82. The number of fused-ring (bicyclic) bond motifs is 1. The van der Waals surface area contributed by atoms with Crippen molar-refractivity contribution in [1.29, 1.82) is 0 Å². The van der Waals surface area contributed by atoms with Gasteiger partial charge in [-0.25, -0.2) is 9.07 Å². The molecule has 2 N–H and O–H groups in total. The van der Waals surface area contributed by atoms with Crippen LogP contribution in [-0.4, -0.2) is 51.4 Å². The lowest BCUT2D eigenvalue weighted by Crippen LogP contribution is -2.14. The summed E-state index contributed by atoms with van der Waals surface area (Å²) < 4.78 is 30.9. The Morgan fingerprint density at radius 1 is 1.14 bits per heavy atom. The summed E-state index contributed by atoms with van der Waals surface area (Å²) in [6.45, 7) is 0.154. The van der Waals surface area contributed by atoms with E-state index in [4.69, 9.17) is 14.2 Å². The molecular weight excluding hydrogens is 511 g/mol. The van der Waals surface area contributed by atoms with E-state index in [2.05, 4.69) is 25.9 Å². The largest absolute Gasteiger partial charge is 0.493 e. The number of anilines is 2. The molecule has 0 saturated carbocycles. The molecule has 0 bridgehead atoms. The molecule has 0 radical (unpaired) electrons. The summed E-state index contributed by atoms with van der Waals surface area (Å²) in [5.41, 5.74) is 1.17. The number of aromatic nitrogens is 4. The fourth-order valence-electron chi connectivity index (χ4n) is 3.16. The summed E-state index contributed by atoms with van der Waals surface area (Å²) in [5, 5.41) is 17.8. The lowest BCUT2D eigenvalue weighted by Gasteiger charge is -2.05. The SMILES string of the molecule is COc1cn(-c2ccc(F)cc2)nc1C(=O)Nc1nnc(SCC(=O)Nc2ccc3c(c2)OCO3)s1. The first-order valence-corrected chi connectivity index (χ1v) is 12.2. The highest BCUT2D eigenvalue weighted by Gasteiger charge is 2.21. The van der Waals surface area contributed by atoms with Crippen molar-refractivity contribution in [3.05, 3.63) is 60.2 Å². The van der Waals surface area contributed by atoms with Crippen molar-refractivity contribution >= 4 is 45.7 Å². The van der Waals surface area contributed by atoms with Gasteiger partial charge < -0.3 is 19.5 Å². The quantitative estimate of drug-likeness (QED) is 0.260. The summed E-state index contributed by atoms with van der Waals surface area (Å²) in [6.07, 6.45) is 1.52. The zero-order chi connectivity index (χ0) is 25.1. The molecule has 2 aromatic carbocycles. The van der Waals surface area contributed by atoms with Crippen LogP contribution in [-0.2, 0) is 4.79 Å². The average molecular weight is 529 g/mol. The van der Waals surface area contributed by atoms with Crippen LogP contribution in [0.3, 0.4) is 0 Å². The maximum Gasteiger partial charge on any atom is 0.281 e. The maximum absolute atomic E-state index is 13.2. The Morgan fingerprint density at radius 3 is 2.75 bits per heavy atom. The number of carbonyl (C=O) groups excluding carboxylic acids is 2. The van der Waals surface area contributed by atoms with Crippen molar-refractivity contribution in [3.63, 3.8) is 0 Å². The minimum Gasteiger partial charge on any atom is -0.493 e. The number of amides is 2. The predicted octanol–water partition coefficient (Wildman–Crippen LogP) is 3.58. The number of carbonyl (C=O) groups is 2. The maximum atomic E-state index is 13.2. The van der Waals surface area contributed by atoms with Crippen molar-refractivity contribution in [1.82, 2.24) is 20.0 Å². The van der Waals surface area contributed by atoms with E-state index in [1.807, 2.05) is 0 Å². The van der Waals surface area contributed by atoms with Crippen molar-refractivity contribution < 1.29 is 28.2 Å². The smallest absolute Gasteiger partial charge is 0.281 e. The van der Waals surface area contributed by atoms with Crippen molar-refractivity contribution in [3.8, 4) is 22.9 Å². The Hall–Kier alpha value is -4.17. The molecule has 0 aliphatic carbocycles. The molecule has 1 aliphatic rings. The minimum atomic E-state index is -0.555. The molecule has 0 spiro atoms. The molecule has 4 aromatic rings. The van der Waals surface area contributed by atoms with Crippen molar-refractivity contribution in [2.24, 2.45) is 0 Å². The molecule has 3 heterocycles. The highest BCUT2D eigenvalue weighted by Crippen LogP contribution is 2.34. The van der Waals surface area contributed by atoms with E-state index < -0.39 is 5.91 Å². The van der Waals surface area contributed by atoms with Crippen LogP contribution in [0.2, 0.25) is 0 Å². The molecule has 5 rings (SSSR count). The molecule has 11 nitrogen and oxygen atoms in total. The molecule has 14 heteroatoms. The highest BCUT2D eigenvalue weighted by atomic mass is 32.2. The molecular formula is C22H17FN6O5S2. The van der Waals surface area contributed by atoms with Crippen molar-refractivity contribution in [2.75, 3.05) is 30.3 Å². The lowest BCUT2D eigenvalue weighted by atomic mass is 10.3. The average Bonchev–Trinajstić information content (AvgIpc) is 3.62. The van der Waals surface area contributed by atoms with Crippen LogP contribution in [0.15, 0.2) is 53.0 Å². The summed E-state index contributed by atoms with van der Waals surface area (Å²) >= 11 is 2.29. The molecule has 0 fully saturated rings. The number of halogens is 1. The van der Waals surface area contributed by atoms with Gasteiger partial charge in [0.2, 0.25) is 17.8 Å². The van der Waals surface area contributed by atoms with E-state index in [-0.39, 0.29) is 40.8 Å². The molecule has 2 amide bonds. The standard InChI is InChI=1S/C22H17FN6O5S2/c1-32-17-9-29(14-5-2-12(23)3-6-14)28-19(17)20(31)25-21-26-27-22(36-21)35-10-18(30)24-13-4-7-15-16(8-13)34-11-33-15/h2-9H,10-11H2,1H3,(H,24,30)(H,25,26,31). The van der Waals surface area contributed by atoms with E-state index in [1.54, 1.807) is 18.2 Å². The summed E-state index contributed by atoms with van der Waals surface area (Å²) in [6, 6.07) is 10.8. The number of hydrogen-bond donors (Lipinski definition) is 2. The van der Waals surface area contributed by atoms with Crippen LogP contribution in [0.4, 0.5) is 15.2 Å². The molecule has 0 saturated heterocycles. The third kappa shape index (κ3) is 5.23. The van der Waals surface area contributed by atoms with Crippen LogP contribution < -0.4 is 24.8 Å². The summed E-state index contributed by atoms with van der Waals surface area (Å²) in [7, 11) is 1.41. The monoisotopic (exact) mass is 528 g/mol. The molecule has 1 aliphatic heterocycles. The number of benzene rings is 2. The molecule has 0 atom stereocenters. The normalized spacial score (nSPS) is 11.8. The van der Waals surface area contributed by atoms with Crippen LogP contribution in [0.1, 0.15) is 10.5 Å². The number of methoxy groups -OCH3 is 1. The van der Waals surface area contributed by atoms with E-state index >= 15 is 0 Å². The molecule has 2 aromatic heterocycles. The minimum absolute atomic E-state index is 0.0225. The molecule has 184 valence electrons. The molecule has 0 unspecified atom stereocenters. The first kappa shape index (κ1) is 23.6. The predicted molar refractivity (Wildman–Crippen MR) is 130 cm³/mol. The van der Waals surface area contributed by atoms with Gasteiger partial charge in [-0.3, -0.25) is 14.9 Å². The number of nitrogens with one attached hydrogen (secondary N) is 2. The van der Waals surface area contributed by atoms with E-state index in [0.717, 1.165) is 11.3 Å². The Bertz CT molecular complexity index is 1420. The van der Waals surface area contributed by atoms with Gasteiger partial charge in [-0.05, 0) is 36.4 Å². The first-order chi connectivity index (χ1) is 17.5. The first-order valence-electron chi connectivity index (χ1n) is 10.4. The van der Waals surface area contributed by atoms with E-state index in [9.17, 15) is 14.0 Å². The lowest BCUT2D eigenvalue weighted by molar-refractivity contribution is -0.113. The van der Waals surface area contributed by atoms with Gasteiger partial charge in [0, 0.05) is 11.8 Å². The van der Waals surface area contributed by atoms with Crippen LogP contribution in [0.25, 0.3) is 5.69 Å². The zero-order valence-corrected chi connectivity index (χ0v) is 20.2. The fourth-order valence-corrected chi connectivity index (χ4v) is 4.71. The Kier molecular flexibility index (Phi) is 6.69. The molecule has 36 heavy (non-hydrogen) atoms. The number of hydrogen-bond acceptors (Lipinski definition) is 10. The van der Waals surface area contributed by atoms with Gasteiger partial charge >= 0.3 is 0 Å². The highest BCUT2D eigenvalue weighted by molar-refractivity contribution is 8.01. The van der Waals surface area contributed by atoms with Crippen molar-refractivity contribution in [2.45, 2.75) is 4.34 Å². The second kappa shape index (κ2) is 10.2. The van der Waals surface area contributed by atoms with Gasteiger partial charge in [-0.15, -0.1) is 10.2 Å². The summed E-state index contributed by atoms with van der Waals surface area (Å²) in [5.74, 6) is 0.348. The van der Waals surface area contributed by atoms with Gasteiger partial charge in [0.05, 0.1) is 24.7 Å².